The van der Waals surface area contributed by atoms with Crippen molar-refractivity contribution in [3.8, 4) is 0 Å². The zero-order valence-electron chi connectivity index (χ0n) is 12.9. The lowest BCUT2D eigenvalue weighted by Gasteiger charge is -2.10. The van der Waals surface area contributed by atoms with Crippen molar-refractivity contribution < 1.29 is 28.5 Å². The highest BCUT2D eigenvalue weighted by molar-refractivity contribution is 6.08. The molecule has 2 aliphatic rings. The second-order valence-corrected chi connectivity index (χ2v) is 5.85. The van der Waals surface area contributed by atoms with Gasteiger partial charge in [-0.3, -0.25) is 0 Å². The third-order valence-corrected chi connectivity index (χ3v) is 3.92. The van der Waals surface area contributed by atoms with E-state index in [0.717, 1.165) is 10.8 Å². The van der Waals surface area contributed by atoms with Crippen molar-refractivity contribution in [3.05, 3.63) is 47.5 Å². The van der Waals surface area contributed by atoms with Gasteiger partial charge in [0, 0.05) is 0 Å². The number of hydrogen-bond acceptors (Lipinski definition) is 6. The highest BCUT2D eigenvalue weighted by atomic mass is 16.6. The summed E-state index contributed by atoms with van der Waals surface area (Å²) in [4.78, 5) is 24.6. The predicted octanol–water partition coefficient (Wildman–Crippen LogP) is 1.95. The van der Waals surface area contributed by atoms with Gasteiger partial charge in [-0.05, 0) is 22.9 Å². The molecule has 2 aromatic carbocycles. The molecule has 0 spiro atoms. The molecular formula is C18H16O6. The Morgan fingerprint density at radius 3 is 2.25 bits per heavy atom. The Labute approximate surface area is 138 Å². The minimum atomic E-state index is -0.476. The van der Waals surface area contributed by atoms with Gasteiger partial charge >= 0.3 is 11.9 Å². The Balaban J connectivity index is 1.61. The number of rotatable bonds is 6. The van der Waals surface area contributed by atoms with E-state index in [9.17, 15) is 9.59 Å². The van der Waals surface area contributed by atoms with Crippen molar-refractivity contribution in [2.24, 2.45) is 0 Å². The van der Waals surface area contributed by atoms with Crippen LogP contribution in [-0.2, 0) is 18.9 Å². The lowest BCUT2D eigenvalue weighted by atomic mass is 10.0. The maximum absolute atomic E-state index is 12.4. The summed E-state index contributed by atoms with van der Waals surface area (Å²) in [6.07, 6.45) is -0.00992. The van der Waals surface area contributed by atoms with E-state index in [4.69, 9.17) is 18.9 Å². The van der Waals surface area contributed by atoms with Gasteiger partial charge in [0.1, 0.15) is 25.4 Å². The van der Waals surface area contributed by atoms with Gasteiger partial charge in [0.25, 0.3) is 0 Å². The van der Waals surface area contributed by atoms with E-state index in [1.165, 1.54) is 6.07 Å². The molecule has 2 aromatic rings. The van der Waals surface area contributed by atoms with Crippen molar-refractivity contribution in [3.63, 3.8) is 0 Å². The molecule has 0 N–H and O–H groups in total. The molecule has 6 nitrogen and oxygen atoms in total. The fraction of sp³-hybridized carbons (Fsp3) is 0.333. The van der Waals surface area contributed by atoms with E-state index >= 15 is 0 Å². The number of hydrogen-bond donors (Lipinski definition) is 0. The Morgan fingerprint density at radius 1 is 0.958 bits per heavy atom. The highest BCUT2D eigenvalue weighted by Crippen LogP contribution is 2.23. The zero-order valence-corrected chi connectivity index (χ0v) is 12.9. The summed E-state index contributed by atoms with van der Waals surface area (Å²) in [6.45, 7) is 1.68. The summed E-state index contributed by atoms with van der Waals surface area (Å²) in [6, 6.07) is 10.6. The Kier molecular flexibility index (Phi) is 3.92. The fourth-order valence-corrected chi connectivity index (χ4v) is 2.42. The van der Waals surface area contributed by atoms with Crippen LogP contribution < -0.4 is 0 Å². The topological polar surface area (TPSA) is 77.7 Å². The van der Waals surface area contributed by atoms with Crippen LogP contribution in [0.15, 0.2) is 36.4 Å². The van der Waals surface area contributed by atoms with Gasteiger partial charge in [-0.2, -0.15) is 0 Å². The summed E-state index contributed by atoms with van der Waals surface area (Å²) < 4.78 is 20.5. The molecule has 4 rings (SSSR count). The van der Waals surface area contributed by atoms with Crippen LogP contribution in [0.2, 0.25) is 0 Å². The van der Waals surface area contributed by atoms with E-state index in [1.807, 2.05) is 24.3 Å². The third-order valence-electron chi connectivity index (χ3n) is 3.92. The molecule has 2 fully saturated rings. The average Bonchev–Trinajstić information content (AvgIpc) is 3.50. The Bertz CT molecular complexity index is 791. The van der Waals surface area contributed by atoms with Gasteiger partial charge in [-0.15, -0.1) is 0 Å². The molecule has 0 saturated carbocycles. The molecule has 2 saturated heterocycles. The monoisotopic (exact) mass is 328 g/mol. The lowest BCUT2D eigenvalue weighted by Crippen LogP contribution is -2.14. The van der Waals surface area contributed by atoms with Crippen molar-refractivity contribution in [1.29, 1.82) is 0 Å². The number of benzene rings is 2. The van der Waals surface area contributed by atoms with Crippen LogP contribution >= 0.6 is 0 Å². The molecule has 0 amide bonds. The van der Waals surface area contributed by atoms with E-state index in [2.05, 4.69) is 0 Å². The summed E-state index contributed by atoms with van der Waals surface area (Å²) >= 11 is 0. The van der Waals surface area contributed by atoms with Crippen molar-refractivity contribution in [2.45, 2.75) is 12.2 Å². The molecule has 0 aliphatic carbocycles. The summed E-state index contributed by atoms with van der Waals surface area (Å²) in [5.74, 6) is -0.947. The highest BCUT2D eigenvalue weighted by Gasteiger charge is 2.27. The van der Waals surface area contributed by atoms with Gasteiger partial charge in [0.2, 0.25) is 0 Å². The minimum absolute atomic E-state index is 0.00242. The van der Waals surface area contributed by atoms with Crippen molar-refractivity contribution in [1.82, 2.24) is 0 Å². The lowest BCUT2D eigenvalue weighted by molar-refractivity contribution is 0.0475. The van der Waals surface area contributed by atoms with Crippen LogP contribution in [0.3, 0.4) is 0 Å². The van der Waals surface area contributed by atoms with Crippen LogP contribution in [0.25, 0.3) is 10.8 Å². The first-order valence-electron chi connectivity index (χ1n) is 7.81. The van der Waals surface area contributed by atoms with E-state index in [0.29, 0.717) is 24.3 Å². The number of carbonyl (C=O) groups excluding carboxylic acids is 2. The SMILES string of the molecule is O=C(OCC1CO1)c1cc(C(=O)OCC2CO2)c2ccccc2c1. The van der Waals surface area contributed by atoms with Gasteiger partial charge in [-0.1, -0.05) is 24.3 Å². The fourth-order valence-electron chi connectivity index (χ4n) is 2.42. The second kappa shape index (κ2) is 6.22. The molecule has 0 aromatic heterocycles. The minimum Gasteiger partial charge on any atom is -0.459 e. The largest absolute Gasteiger partial charge is 0.459 e. The van der Waals surface area contributed by atoms with Gasteiger partial charge < -0.3 is 18.9 Å². The van der Waals surface area contributed by atoms with E-state index in [1.54, 1.807) is 6.07 Å². The van der Waals surface area contributed by atoms with Crippen LogP contribution in [0, 0.1) is 0 Å². The Morgan fingerprint density at radius 2 is 1.58 bits per heavy atom. The Hall–Kier alpha value is -2.44. The van der Waals surface area contributed by atoms with Gasteiger partial charge in [0.05, 0.1) is 24.3 Å². The summed E-state index contributed by atoms with van der Waals surface area (Å²) in [7, 11) is 0. The van der Waals surface area contributed by atoms with Crippen LogP contribution in [0.1, 0.15) is 20.7 Å². The van der Waals surface area contributed by atoms with Crippen molar-refractivity contribution in [2.75, 3.05) is 26.4 Å². The molecule has 124 valence electrons. The standard InChI is InChI=1S/C18H16O6/c19-17(23-9-13-7-21-13)12-5-11-3-1-2-4-15(11)16(6-12)18(20)24-10-14-8-22-14/h1-6,13-14H,7-10H2. The first-order chi connectivity index (χ1) is 11.7. The second-order valence-electron chi connectivity index (χ2n) is 5.85. The molecule has 2 heterocycles. The van der Waals surface area contributed by atoms with E-state index in [-0.39, 0.29) is 25.4 Å². The number of esters is 2. The first-order valence-corrected chi connectivity index (χ1v) is 7.81. The first kappa shape index (κ1) is 15.1. The van der Waals surface area contributed by atoms with Crippen molar-refractivity contribution >= 4 is 22.7 Å². The molecule has 0 bridgehead atoms. The smallest absolute Gasteiger partial charge is 0.338 e. The number of fused-ring (bicyclic) bond motifs is 1. The van der Waals surface area contributed by atoms with Crippen LogP contribution in [0.5, 0.6) is 0 Å². The van der Waals surface area contributed by atoms with Crippen LogP contribution in [0.4, 0.5) is 0 Å². The van der Waals surface area contributed by atoms with Crippen LogP contribution in [-0.4, -0.2) is 50.6 Å². The average molecular weight is 328 g/mol. The molecule has 2 atom stereocenters. The maximum Gasteiger partial charge on any atom is 0.338 e. The zero-order chi connectivity index (χ0) is 16.5. The van der Waals surface area contributed by atoms with E-state index < -0.39 is 11.9 Å². The third kappa shape index (κ3) is 3.39. The molecule has 2 unspecified atom stereocenters. The maximum atomic E-state index is 12.4. The number of epoxide rings is 2. The number of ether oxygens (including phenoxy) is 4. The van der Waals surface area contributed by atoms with Gasteiger partial charge in [-0.25, -0.2) is 9.59 Å². The van der Waals surface area contributed by atoms with Gasteiger partial charge in [0.15, 0.2) is 0 Å². The number of carbonyl (C=O) groups is 2. The summed E-state index contributed by atoms with van der Waals surface area (Å²) in [5.41, 5.74) is 0.673. The molecule has 24 heavy (non-hydrogen) atoms. The normalized spacial score (nSPS) is 21.3. The predicted molar refractivity (Wildman–Crippen MR) is 84.0 cm³/mol. The molecule has 6 heteroatoms. The molecule has 2 aliphatic heterocycles. The molecule has 0 radical (unpaired) electrons. The quantitative estimate of drug-likeness (QED) is 0.596. The molecular weight excluding hydrogens is 312 g/mol. The summed E-state index contributed by atoms with van der Waals surface area (Å²) in [5, 5.41) is 1.52.